The second-order valence-electron chi connectivity index (χ2n) is 4.66. The van der Waals surface area contributed by atoms with Crippen LogP contribution in [0.15, 0.2) is 0 Å². The number of rotatable bonds is 11. The minimum Gasteiger partial charge on any atom is -0.391 e. The quantitative estimate of drug-likeness (QED) is 0.425. The van der Waals surface area contributed by atoms with E-state index in [1.54, 1.807) is 0 Å². The van der Waals surface area contributed by atoms with Crippen LogP contribution in [0, 0.1) is 0 Å². The van der Waals surface area contributed by atoms with E-state index in [4.69, 9.17) is 9.84 Å². The van der Waals surface area contributed by atoms with Crippen LogP contribution in [0.4, 0.5) is 0 Å². The molecule has 0 radical (unpaired) electrons. The normalized spacial score (nSPS) is 15.0. The van der Waals surface area contributed by atoms with Crippen molar-refractivity contribution in [2.45, 2.75) is 71.0 Å². The maximum atomic E-state index is 9.35. The molecule has 0 aromatic carbocycles. The van der Waals surface area contributed by atoms with E-state index >= 15 is 0 Å². The van der Waals surface area contributed by atoms with Crippen LogP contribution in [0.2, 0.25) is 0 Å². The van der Waals surface area contributed by atoms with E-state index in [0.29, 0.717) is 6.61 Å². The molecule has 3 nitrogen and oxygen atoms in total. The first-order valence-electron chi connectivity index (χ1n) is 6.59. The molecule has 1 unspecified atom stereocenters. The minimum absolute atomic E-state index is 0.343. The van der Waals surface area contributed by atoms with Gasteiger partial charge in [-0.25, -0.2) is 0 Å². The van der Waals surface area contributed by atoms with Crippen LogP contribution in [0.3, 0.4) is 0 Å². The van der Waals surface area contributed by atoms with Gasteiger partial charge < -0.3 is 14.9 Å². The molecule has 0 spiro atoms. The van der Waals surface area contributed by atoms with Crippen LogP contribution in [-0.2, 0) is 4.74 Å². The monoisotopic (exact) mass is 232 g/mol. The second-order valence-corrected chi connectivity index (χ2v) is 4.66. The van der Waals surface area contributed by atoms with Gasteiger partial charge in [-0.1, -0.05) is 51.9 Å². The summed E-state index contributed by atoms with van der Waals surface area (Å²) >= 11 is 0. The summed E-state index contributed by atoms with van der Waals surface area (Å²) in [6, 6.07) is 0. The fourth-order valence-electron chi connectivity index (χ4n) is 1.57. The van der Waals surface area contributed by atoms with E-state index in [1.165, 1.54) is 45.4 Å². The van der Waals surface area contributed by atoms with Crippen molar-refractivity contribution >= 4 is 0 Å². The van der Waals surface area contributed by atoms with Crippen LogP contribution >= 0.6 is 0 Å². The number of ether oxygens (including phenoxy) is 1. The molecule has 0 saturated carbocycles. The van der Waals surface area contributed by atoms with Gasteiger partial charge in [0.2, 0.25) is 0 Å². The van der Waals surface area contributed by atoms with E-state index in [9.17, 15) is 5.11 Å². The van der Waals surface area contributed by atoms with Crippen molar-refractivity contribution in [2.75, 3.05) is 13.2 Å². The first-order valence-corrected chi connectivity index (χ1v) is 6.59. The molecule has 98 valence electrons. The molecule has 0 rings (SSSR count). The molecule has 1 atom stereocenters. The van der Waals surface area contributed by atoms with Crippen molar-refractivity contribution in [1.82, 2.24) is 0 Å². The Labute approximate surface area is 99.8 Å². The first-order chi connectivity index (χ1) is 7.62. The molecule has 0 amide bonds. The molecule has 0 aliphatic carbocycles. The Balaban J connectivity index is 3.10. The van der Waals surface area contributed by atoms with Crippen molar-refractivity contribution in [3.8, 4) is 0 Å². The lowest BCUT2D eigenvalue weighted by molar-refractivity contribution is -0.211. The smallest absolute Gasteiger partial charge is 0.186 e. The highest BCUT2D eigenvalue weighted by Crippen LogP contribution is 2.10. The molecule has 3 heteroatoms. The maximum Gasteiger partial charge on any atom is 0.186 e. The summed E-state index contributed by atoms with van der Waals surface area (Å²) < 4.78 is 5.13. The van der Waals surface area contributed by atoms with Crippen molar-refractivity contribution < 1.29 is 14.9 Å². The lowest BCUT2D eigenvalue weighted by atomic mass is 10.1. The minimum atomic E-state index is -1.36. The standard InChI is InChI=1S/C13H28O3/c1-3-4-5-6-7-8-9-10-11-16-13(2,15)12-14/h14-15H,3-12H2,1-2H3. The molecule has 0 aromatic rings. The summed E-state index contributed by atoms with van der Waals surface area (Å²) in [5, 5.41) is 18.1. The van der Waals surface area contributed by atoms with Crippen LogP contribution in [-0.4, -0.2) is 29.2 Å². The number of aliphatic hydroxyl groups excluding tert-OH is 1. The molecule has 0 aliphatic heterocycles. The Kier molecular flexibility index (Phi) is 9.99. The molecule has 0 aromatic heterocycles. The summed E-state index contributed by atoms with van der Waals surface area (Å²) in [6.07, 6.45) is 9.99. The van der Waals surface area contributed by atoms with Gasteiger partial charge in [0.25, 0.3) is 0 Å². The van der Waals surface area contributed by atoms with Gasteiger partial charge in [0.1, 0.15) is 0 Å². The third-order valence-electron chi connectivity index (χ3n) is 2.70. The highest BCUT2D eigenvalue weighted by molar-refractivity contribution is 4.56. The van der Waals surface area contributed by atoms with Gasteiger partial charge in [0.05, 0.1) is 13.2 Å². The zero-order valence-electron chi connectivity index (χ0n) is 10.9. The Bertz CT molecular complexity index is 146. The number of hydrogen-bond donors (Lipinski definition) is 2. The molecule has 0 fully saturated rings. The molecule has 0 heterocycles. The van der Waals surface area contributed by atoms with Gasteiger partial charge in [0, 0.05) is 0 Å². The van der Waals surface area contributed by atoms with Gasteiger partial charge in [-0.3, -0.25) is 0 Å². The number of hydrogen-bond acceptors (Lipinski definition) is 3. The highest BCUT2D eigenvalue weighted by atomic mass is 16.6. The van der Waals surface area contributed by atoms with Crippen LogP contribution in [0.5, 0.6) is 0 Å². The molecular formula is C13H28O3. The lowest BCUT2D eigenvalue weighted by Gasteiger charge is -2.20. The lowest BCUT2D eigenvalue weighted by Crippen LogP contribution is -2.32. The Morgan fingerprint density at radius 2 is 1.44 bits per heavy atom. The number of unbranched alkanes of at least 4 members (excludes halogenated alkanes) is 7. The van der Waals surface area contributed by atoms with Crippen molar-refractivity contribution in [3.63, 3.8) is 0 Å². The third kappa shape index (κ3) is 10.4. The fraction of sp³-hybridized carbons (Fsp3) is 1.00. The van der Waals surface area contributed by atoms with Crippen molar-refractivity contribution in [2.24, 2.45) is 0 Å². The molecule has 0 saturated heterocycles. The molecule has 16 heavy (non-hydrogen) atoms. The summed E-state index contributed by atoms with van der Waals surface area (Å²) in [7, 11) is 0. The van der Waals surface area contributed by atoms with Gasteiger partial charge in [-0.2, -0.15) is 0 Å². The van der Waals surface area contributed by atoms with Crippen molar-refractivity contribution in [1.29, 1.82) is 0 Å². The predicted molar refractivity (Wildman–Crippen MR) is 66.3 cm³/mol. The van der Waals surface area contributed by atoms with Crippen LogP contribution in [0.1, 0.15) is 65.2 Å². The first kappa shape index (κ1) is 15.9. The molecular weight excluding hydrogens is 204 g/mol. The molecule has 2 N–H and O–H groups in total. The summed E-state index contributed by atoms with van der Waals surface area (Å²) in [6.45, 7) is 3.90. The van der Waals surface area contributed by atoms with Gasteiger partial charge in [-0.15, -0.1) is 0 Å². The molecule has 0 bridgehead atoms. The average Bonchev–Trinajstić information content (AvgIpc) is 2.27. The maximum absolute atomic E-state index is 9.35. The largest absolute Gasteiger partial charge is 0.391 e. The van der Waals surface area contributed by atoms with E-state index in [0.717, 1.165) is 12.8 Å². The molecule has 0 aliphatic rings. The Hall–Kier alpha value is -0.120. The van der Waals surface area contributed by atoms with Gasteiger partial charge in [0.15, 0.2) is 5.79 Å². The van der Waals surface area contributed by atoms with Gasteiger partial charge >= 0.3 is 0 Å². The third-order valence-corrected chi connectivity index (χ3v) is 2.70. The zero-order chi connectivity index (χ0) is 12.3. The Morgan fingerprint density at radius 1 is 0.938 bits per heavy atom. The zero-order valence-corrected chi connectivity index (χ0v) is 10.9. The Morgan fingerprint density at radius 3 is 1.94 bits per heavy atom. The van der Waals surface area contributed by atoms with E-state index in [-0.39, 0.29) is 6.61 Å². The second kappa shape index (κ2) is 10.1. The number of aliphatic hydroxyl groups is 2. The van der Waals surface area contributed by atoms with Crippen LogP contribution < -0.4 is 0 Å². The average molecular weight is 232 g/mol. The van der Waals surface area contributed by atoms with E-state index < -0.39 is 5.79 Å². The van der Waals surface area contributed by atoms with E-state index in [1.807, 2.05) is 0 Å². The topological polar surface area (TPSA) is 49.7 Å². The predicted octanol–water partition coefficient (Wildman–Crippen LogP) is 2.84. The summed E-state index contributed by atoms with van der Waals surface area (Å²) in [4.78, 5) is 0. The van der Waals surface area contributed by atoms with Crippen molar-refractivity contribution in [3.05, 3.63) is 0 Å². The SMILES string of the molecule is CCCCCCCCCCOC(C)(O)CO. The fourth-order valence-corrected chi connectivity index (χ4v) is 1.57. The van der Waals surface area contributed by atoms with Gasteiger partial charge in [-0.05, 0) is 13.3 Å². The van der Waals surface area contributed by atoms with E-state index in [2.05, 4.69) is 6.92 Å². The van der Waals surface area contributed by atoms with Crippen LogP contribution in [0.25, 0.3) is 0 Å². The summed E-state index contributed by atoms with van der Waals surface area (Å²) in [5.74, 6) is -1.36. The summed E-state index contributed by atoms with van der Waals surface area (Å²) in [5.41, 5.74) is 0. The highest BCUT2D eigenvalue weighted by Gasteiger charge is 2.18.